The first-order valence-corrected chi connectivity index (χ1v) is 9.36. The lowest BCUT2D eigenvalue weighted by Gasteiger charge is -2.27. The maximum absolute atomic E-state index is 12.7. The van der Waals surface area contributed by atoms with E-state index in [0.717, 1.165) is 45.7 Å². The number of rotatable bonds is 9. The van der Waals surface area contributed by atoms with Crippen LogP contribution < -0.4 is 5.32 Å². The molecule has 140 valence electrons. The molecule has 1 saturated heterocycles. The van der Waals surface area contributed by atoms with Crippen LogP contribution in [0.15, 0.2) is 17.5 Å². The van der Waals surface area contributed by atoms with Crippen LogP contribution in [0.25, 0.3) is 0 Å². The van der Waals surface area contributed by atoms with Gasteiger partial charge in [0.1, 0.15) is 0 Å². The van der Waals surface area contributed by atoms with E-state index in [4.69, 9.17) is 0 Å². The Balaban J connectivity index is 0.00000264. The van der Waals surface area contributed by atoms with Crippen molar-refractivity contribution in [3.63, 3.8) is 0 Å². The summed E-state index contributed by atoms with van der Waals surface area (Å²) >= 11 is 1.73. The summed E-state index contributed by atoms with van der Waals surface area (Å²) in [6.45, 7) is 10.0. The van der Waals surface area contributed by atoms with Crippen LogP contribution in [0.2, 0.25) is 0 Å². The quantitative estimate of drug-likeness (QED) is 0.695. The maximum Gasteiger partial charge on any atom is 0.224 e. The van der Waals surface area contributed by atoms with E-state index in [1.165, 1.54) is 11.3 Å². The van der Waals surface area contributed by atoms with E-state index >= 15 is 0 Å². The molecule has 0 bridgehead atoms. The number of nitrogens with zero attached hydrogens (tertiary/aromatic N) is 2. The molecule has 0 saturated carbocycles. The summed E-state index contributed by atoms with van der Waals surface area (Å²) in [4.78, 5) is 18.4. The second kappa shape index (κ2) is 13.0. The van der Waals surface area contributed by atoms with Gasteiger partial charge in [-0.25, -0.2) is 0 Å². The van der Waals surface area contributed by atoms with Crippen LogP contribution in [0.3, 0.4) is 0 Å². The zero-order valence-corrected chi connectivity index (χ0v) is 17.2. The minimum atomic E-state index is 0. The molecule has 4 nitrogen and oxygen atoms in total. The Labute approximate surface area is 162 Å². The molecular formula is C17H31Cl2N3OS. The van der Waals surface area contributed by atoms with Crippen molar-refractivity contribution in [2.75, 3.05) is 32.7 Å². The van der Waals surface area contributed by atoms with Crippen LogP contribution >= 0.6 is 36.2 Å². The number of carbonyl (C=O) groups excluding carboxylic acids is 1. The Morgan fingerprint density at radius 2 is 2.04 bits per heavy atom. The third-order valence-corrected chi connectivity index (χ3v) is 5.30. The molecule has 1 N–H and O–H groups in total. The van der Waals surface area contributed by atoms with Gasteiger partial charge in [0.15, 0.2) is 0 Å². The van der Waals surface area contributed by atoms with E-state index < -0.39 is 0 Å². The summed E-state index contributed by atoms with van der Waals surface area (Å²) in [5.74, 6) is 0.292. The standard InChI is InChI=1S/C17H29N3OS.2ClH/c1-3-19(4-2)10-11-20(14-16-8-6-12-22-16)17(21)13-15-7-5-9-18-15;;/h6,8,12,15,18H,3-5,7,9-11,13-14H2,1-2H3;2*1H. The average Bonchev–Trinajstić information content (AvgIpc) is 3.20. The Kier molecular flexibility index (Phi) is 12.8. The van der Waals surface area contributed by atoms with Crippen LogP contribution in [-0.2, 0) is 11.3 Å². The number of hydrogen-bond acceptors (Lipinski definition) is 4. The molecule has 1 amide bonds. The molecule has 1 fully saturated rings. The van der Waals surface area contributed by atoms with Gasteiger partial charge in [0, 0.05) is 30.4 Å². The lowest BCUT2D eigenvalue weighted by Crippen LogP contribution is -2.40. The van der Waals surface area contributed by atoms with Gasteiger partial charge in [0.05, 0.1) is 6.54 Å². The van der Waals surface area contributed by atoms with Crippen molar-refractivity contribution in [3.05, 3.63) is 22.4 Å². The number of likely N-dealkylation sites (N-methyl/N-ethyl adjacent to an activating group) is 1. The van der Waals surface area contributed by atoms with E-state index in [1.807, 2.05) is 4.90 Å². The fourth-order valence-electron chi connectivity index (χ4n) is 2.96. The largest absolute Gasteiger partial charge is 0.336 e. The molecule has 2 rings (SSSR count). The molecule has 1 aromatic rings. The number of hydrogen-bond donors (Lipinski definition) is 1. The predicted molar refractivity (Wildman–Crippen MR) is 108 cm³/mol. The highest BCUT2D eigenvalue weighted by Gasteiger charge is 2.22. The van der Waals surface area contributed by atoms with Gasteiger partial charge < -0.3 is 15.1 Å². The molecule has 7 heteroatoms. The zero-order valence-electron chi connectivity index (χ0n) is 14.7. The minimum Gasteiger partial charge on any atom is -0.336 e. The maximum atomic E-state index is 12.7. The van der Waals surface area contributed by atoms with Gasteiger partial charge in [-0.2, -0.15) is 0 Å². The lowest BCUT2D eigenvalue weighted by molar-refractivity contribution is -0.132. The van der Waals surface area contributed by atoms with Crippen LogP contribution in [0.4, 0.5) is 0 Å². The molecule has 1 atom stereocenters. The molecule has 1 aliphatic rings. The van der Waals surface area contributed by atoms with Gasteiger partial charge in [-0.15, -0.1) is 36.2 Å². The second-order valence-corrected chi connectivity index (χ2v) is 6.95. The van der Waals surface area contributed by atoms with Crippen molar-refractivity contribution in [3.8, 4) is 0 Å². The summed E-state index contributed by atoms with van der Waals surface area (Å²) in [6.07, 6.45) is 2.97. The summed E-state index contributed by atoms with van der Waals surface area (Å²) < 4.78 is 0. The van der Waals surface area contributed by atoms with Gasteiger partial charge in [0.2, 0.25) is 5.91 Å². The van der Waals surface area contributed by atoms with E-state index in [2.05, 4.69) is 41.6 Å². The van der Waals surface area contributed by atoms with Crippen LogP contribution in [-0.4, -0.2) is 54.5 Å². The topological polar surface area (TPSA) is 35.6 Å². The molecule has 1 unspecified atom stereocenters. The van der Waals surface area contributed by atoms with Gasteiger partial charge in [-0.3, -0.25) is 4.79 Å². The predicted octanol–water partition coefficient (Wildman–Crippen LogP) is 3.40. The smallest absolute Gasteiger partial charge is 0.224 e. The average molecular weight is 396 g/mol. The number of amides is 1. The van der Waals surface area contributed by atoms with Crippen molar-refractivity contribution in [1.82, 2.24) is 15.1 Å². The van der Waals surface area contributed by atoms with E-state index in [0.29, 0.717) is 18.4 Å². The van der Waals surface area contributed by atoms with Crippen molar-refractivity contribution in [2.45, 2.75) is 45.7 Å². The first kappa shape index (κ1) is 23.7. The van der Waals surface area contributed by atoms with Crippen LogP contribution in [0, 0.1) is 0 Å². The molecule has 24 heavy (non-hydrogen) atoms. The Morgan fingerprint density at radius 1 is 1.29 bits per heavy atom. The normalized spacial score (nSPS) is 16.5. The second-order valence-electron chi connectivity index (χ2n) is 5.92. The number of thiophene rings is 1. The Hall–Kier alpha value is -0.330. The lowest BCUT2D eigenvalue weighted by atomic mass is 10.1. The molecule has 2 heterocycles. The SMILES string of the molecule is CCN(CC)CCN(Cc1cccs1)C(=O)CC1CCCN1.Cl.Cl. The van der Waals surface area contributed by atoms with E-state index in [9.17, 15) is 4.79 Å². The third kappa shape index (κ3) is 7.70. The van der Waals surface area contributed by atoms with Gasteiger partial charge in [0.25, 0.3) is 0 Å². The Morgan fingerprint density at radius 3 is 2.58 bits per heavy atom. The molecule has 0 radical (unpaired) electrons. The molecular weight excluding hydrogens is 365 g/mol. The number of halogens is 2. The van der Waals surface area contributed by atoms with E-state index in [-0.39, 0.29) is 24.8 Å². The van der Waals surface area contributed by atoms with Crippen molar-refractivity contribution >= 4 is 42.1 Å². The molecule has 1 aromatic heterocycles. The number of nitrogens with one attached hydrogen (secondary N) is 1. The minimum absolute atomic E-state index is 0. The summed E-state index contributed by atoms with van der Waals surface area (Å²) in [5.41, 5.74) is 0. The molecule has 0 aliphatic carbocycles. The van der Waals surface area contributed by atoms with E-state index in [1.54, 1.807) is 11.3 Å². The highest BCUT2D eigenvalue weighted by molar-refractivity contribution is 7.09. The van der Waals surface area contributed by atoms with Crippen molar-refractivity contribution < 1.29 is 4.79 Å². The van der Waals surface area contributed by atoms with Crippen LogP contribution in [0.1, 0.15) is 38.0 Å². The molecule has 0 aromatic carbocycles. The van der Waals surface area contributed by atoms with Gasteiger partial charge in [-0.05, 0) is 43.9 Å². The first-order valence-electron chi connectivity index (χ1n) is 8.48. The number of carbonyl (C=O) groups is 1. The summed E-state index contributed by atoms with van der Waals surface area (Å²) in [6, 6.07) is 4.56. The fourth-order valence-corrected chi connectivity index (χ4v) is 3.67. The highest BCUT2D eigenvalue weighted by atomic mass is 35.5. The molecule has 1 aliphatic heterocycles. The van der Waals surface area contributed by atoms with Gasteiger partial charge >= 0.3 is 0 Å². The Bertz CT molecular complexity index is 435. The fraction of sp³-hybridized carbons (Fsp3) is 0.706. The molecule has 0 spiro atoms. The highest BCUT2D eigenvalue weighted by Crippen LogP contribution is 2.15. The monoisotopic (exact) mass is 395 g/mol. The summed E-state index contributed by atoms with van der Waals surface area (Å²) in [5, 5.41) is 5.52. The summed E-state index contributed by atoms with van der Waals surface area (Å²) in [7, 11) is 0. The van der Waals surface area contributed by atoms with Crippen LogP contribution in [0.5, 0.6) is 0 Å². The van der Waals surface area contributed by atoms with Crippen molar-refractivity contribution in [2.24, 2.45) is 0 Å². The van der Waals surface area contributed by atoms with Crippen molar-refractivity contribution in [1.29, 1.82) is 0 Å². The third-order valence-electron chi connectivity index (χ3n) is 4.44. The zero-order chi connectivity index (χ0) is 15.8. The van der Waals surface area contributed by atoms with Gasteiger partial charge in [-0.1, -0.05) is 19.9 Å². The first-order chi connectivity index (χ1) is 10.7.